The van der Waals surface area contributed by atoms with E-state index in [0.717, 1.165) is 29.8 Å². The van der Waals surface area contributed by atoms with Gasteiger partial charge in [0.2, 0.25) is 0 Å². The van der Waals surface area contributed by atoms with Gasteiger partial charge in [-0.15, -0.1) is 0 Å². The van der Waals surface area contributed by atoms with Gasteiger partial charge in [-0.3, -0.25) is 0 Å². The summed E-state index contributed by atoms with van der Waals surface area (Å²) in [5.74, 6) is 2.09. The summed E-state index contributed by atoms with van der Waals surface area (Å²) in [5.41, 5.74) is 1.13. The molecule has 2 unspecified atom stereocenters. The standard InChI is InChI=1S/C12H14O3/c1-14-10-3-8(4-11(6-10)15-2)12-5-9(12)7-13/h3-4,6-7,9,12H,5H2,1-2H3. The summed E-state index contributed by atoms with van der Waals surface area (Å²) in [7, 11) is 3.26. The van der Waals surface area contributed by atoms with Crippen molar-refractivity contribution in [2.24, 2.45) is 5.92 Å². The number of hydrogen-bond donors (Lipinski definition) is 0. The molecule has 0 N–H and O–H groups in total. The van der Waals surface area contributed by atoms with E-state index in [1.165, 1.54) is 0 Å². The molecule has 3 heteroatoms. The fraction of sp³-hybridized carbons (Fsp3) is 0.417. The molecule has 1 aromatic carbocycles. The second-order valence-corrected chi connectivity index (χ2v) is 3.79. The molecule has 0 spiro atoms. The van der Waals surface area contributed by atoms with Gasteiger partial charge >= 0.3 is 0 Å². The summed E-state index contributed by atoms with van der Waals surface area (Å²) in [4.78, 5) is 10.6. The van der Waals surface area contributed by atoms with Gasteiger partial charge in [0.15, 0.2) is 0 Å². The van der Waals surface area contributed by atoms with E-state index >= 15 is 0 Å². The lowest BCUT2D eigenvalue weighted by Crippen LogP contribution is -1.91. The maximum absolute atomic E-state index is 10.6. The van der Waals surface area contributed by atoms with Gasteiger partial charge in [0.05, 0.1) is 14.2 Å². The molecule has 0 amide bonds. The highest BCUT2D eigenvalue weighted by Gasteiger charge is 2.38. The summed E-state index contributed by atoms with van der Waals surface area (Å²) >= 11 is 0. The van der Waals surface area contributed by atoms with Crippen LogP contribution in [0.2, 0.25) is 0 Å². The summed E-state index contributed by atoms with van der Waals surface area (Å²) in [6.07, 6.45) is 1.97. The molecule has 15 heavy (non-hydrogen) atoms. The van der Waals surface area contributed by atoms with Crippen LogP contribution in [0.3, 0.4) is 0 Å². The number of carbonyl (C=O) groups excluding carboxylic acids is 1. The highest BCUT2D eigenvalue weighted by molar-refractivity contribution is 5.62. The number of rotatable bonds is 4. The first kappa shape index (κ1) is 10.0. The summed E-state index contributed by atoms with van der Waals surface area (Å²) in [6, 6.07) is 5.77. The molecule has 3 nitrogen and oxygen atoms in total. The van der Waals surface area contributed by atoms with Crippen LogP contribution in [0.5, 0.6) is 11.5 Å². The van der Waals surface area contributed by atoms with Crippen LogP contribution in [0.15, 0.2) is 18.2 Å². The second kappa shape index (κ2) is 3.93. The van der Waals surface area contributed by atoms with Crippen molar-refractivity contribution in [1.29, 1.82) is 0 Å². The fourth-order valence-electron chi connectivity index (χ4n) is 1.79. The number of benzene rings is 1. The van der Waals surface area contributed by atoms with E-state index in [-0.39, 0.29) is 5.92 Å². The number of carbonyl (C=O) groups is 1. The molecule has 0 bridgehead atoms. The van der Waals surface area contributed by atoms with Gasteiger partial charge in [0, 0.05) is 12.0 Å². The van der Waals surface area contributed by atoms with Crippen LogP contribution in [0, 0.1) is 5.92 Å². The largest absolute Gasteiger partial charge is 0.497 e. The smallest absolute Gasteiger partial charge is 0.123 e. The van der Waals surface area contributed by atoms with Crippen molar-refractivity contribution in [1.82, 2.24) is 0 Å². The van der Waals surface area contributed by atoms with Gasteiger partial charge in [-0.2, -0.15) is 0 Å². The molecule has 80 valence electrons. The Hall–Kier alpha value is -1.51. The predicted molar refractivity (Wildman–Crippen MR) is 56.5 cm³/mol. The molecule has 2 rings (SSSR count). The minimum Gasteiger partial charge on any atom is -0.497 e. The van der Waals surface area contributed by atoms with Gasteiger partial charge in [-0.25, -0.2) is 0 Å². The van der Waals surface area contributed by atoms with E-state index in [1.807, 2.05) is 18.2 Å². The number of aldehydes is 1. The van der Waals surface area contributed by atoms with Crippen LogP contribution in [0.4, 0.5) is 0 Å². The topological polar surface area (TPSA) is 35.5 Å². The van der Waals surface area contributed by atoms with Gasteiger partial charge in [0.1, 0.15) is 17.8 Å². The number of hydrogen-bond acceptors (Lipinski definition) is 3. The Labute approximate surface area is 89.0 Å². The molecule has 1 saturated carbocycles. The van der Waals surface area contributed by atoms with Crippen molar-refractivity contribution in [3.8, 4) is 11.5 Å². The zero-order valence-corrected chi connectivity index (χ0v) is 8.90. The van der Waals surface area contributed by atoms with Crippen LogP contribution in [0.25, 0.3) is 0 Å². The Morgan fingerprint density at radius 1 is 1.20 bits per heavy atom. The zero-order chi connectivity index (χ0) is 10.8. The van der Waals surface area contributed by atoms with Crippen LogP contribution in [0.1, 0.15) is 17.9 Å². The predicted octanol–water partition coefficient (Wildman–Crippen LogP) is 2.01. The van der Waals surface area contributed by atoms with Gasteiger partial charge in [0.25, 0.3) is 0 Å². The van der Waals surface area contributed by atoms with Gasteiger partial charge in [-0.1, -0.05) is 0 Å². The third-order valence-electron chi connectivity index (χ3n) is 2.82. The number of ether oxygens (including phenoxy) is 2. The average Bonchev–Trinajstić information content (AvgIpc) is 3.07. The molecule has 0 heterocycles. The van der Waals surface area contributed by atoms with Crippen molar-refractivity contribution >= 4 is 6.29 Å². The van der Waals surface area contributed by atoms with E-state index < -0.39 is 0 Å². The Morgan fingerprint density at radius 2 is 1.80 bits per heavy atom. The molecule has 1 aliphatic rings. The van der Waals surface area contributed by atoms with Crippen LogP contribution in [-0.4, -0.2) is 20.5 Å². The highest BCUT2D eigenvalue weighted by atomic mass is 16.5. The lowest BCUT2D eigenvalue weighted by Gasteiger charge is -2.07. The first-order chi connectivity index (χ1) is 7.28. The van der Waals surface area contributed by atoms with Crippen molar-refractivity contribution in [2.75, 3.05) is 14.2 Å². The van der Waals surface area contributed by atoms with E-state index in [0.29, 0.717) is 5.92 Å². The maximum atomic E-state index is 10.6. The van der Waals surface area contributed by atoms with Crippen molar-refractivity contribution < 1.29 is 14.3 Å². The van der Waals surface area contributed by atoms with E-state index in [9.17, 15) is 4.79 Å². The Kier molecular flexibility index (Phi) is 2.62. The van der Waals surface area contributed by atoms with Gasteiger partial charge in [-0.05, 0) is 30.0 Å². The zero-order valence-electron chi connectivity index (χ0n) is 8.90. The molecule has 1 aromatic rings. The summed E-state index contributed by atoms with van der Waals surface area (Å²) in [6.45, 7) is 0. The van der Waals surface area contributed by atoms with Crippen molar-refractivity contribution in [2.45, 2.75) is 12.3 Å². The lowest BCUT2D eigenvalue weighted by molar-refractivity contribution is -0.108. The molecule has 1 fully saturated rings. The Balaban J connectivity index is 2.27. The van der Waals surface area contributed by atoms with E-state index in [1.54, 1.807) is 14.2 Å². The highest BCUT2D eigenvalue weighted by Crippen LogP contribution is 2.47. The van der Waals surface area contributed by atoms with Crippen LogP contribution < -0.4 is 9.47 Å². The summed E-state index contributed by atoms with van der Waals surface area (Å²) in [5, 5.41) is 0. The molecular weight excluding hydrogens is 192 g/mol. The van der Waals surface area contributed by atoms with Gasteiger partial charge < -0.3 is 14.3 Å². The lowest BCUT2D eigenvalue weighted by atomic mass is 10.1. The van der Waals surface area contributed by atoms with E-state index in [2.05, 4.69) is 0 Å². The van der Waals surface area contributed by atoms with Crippen molar-refractivity contribution in [3.63, 3.8) is 0 Å². The normalized spacial score (nSPS) is 23.3. The number of methoxy groups -OCH3 is 2. The fourth-order valence-corrected chi connectivity index (χ4v) is 1.79. The summed E-state index contributed by atoms with van der Waals surface area (Å²) < 4.78 is 10.4. The SMILES string of the molecule is COc1cc(OC)cc(C2CC2C=O)c1. The Bertz CT molecular complexity index is 351. The second-order valence-electron chi connectivity index (χ2n) is 3.79. The minimum absolute atomic E-state index is 0.182. The van der Waals surface area contributed by atoms with Crippen molar-refractivity contribution in [3.05, 3.63) is 23.8 Å². The minimum atomic E-state index is 0.182. The molecule has 0 saturated heterocycles. The average molecular weight is 206 g/mol. The first-order valence-electron chi connectivity index (χ1n) is 4.96. The quantitative estimate of drug-likeness (QED) is 0.707. The van der Waals surface area contributed by atoms with Crippen LogP contribution >= 0.6 is 0 Å². The Morgan fingerprint density at radius 3 is 2.20 bits per heavy atom. The molecule has 0 radical (unpaired) electrons. The van der Waals surface area contributed by atoms with Crippen LogP contribution in [-0.2, 0) is 4.79 Å². The third-order valence-corrected chi connectivity index (χ3v) is 2.82. The first-order valence-corrected chi connectivity index (χ1v) is 4.96. The molecule has 0 aliphatic heterocycles. The molecule has 0 aromatic heterocycles. The van der Waals surface area contributed by atoms with E-state index in [4.69, 9.17) is 9.47 Å². The monoisotopic (exact) mass is 206 g/mol. The maximum Gasteiger partial charge on any atom is 0.123 e. The molecular formula is C12H14O3. The molecule has 1 aliphatic carbocycles. The molecule has 2 atom stereocenters. The third kappa shape index (κ3) is 1.96.